The predicted molar refractivity (Wildman–Crippen MR) is 112 cm³/mol. The molecule has 0 aliphatic carbocycles. The van der Waals surface area contributed by atoms with Crippen LogP contribution >= 0.6 is 0 Å². The Morgan fingerprint density at radius 2 is 1.93 bits per heavy atom. The molecule has 0 bridgehead atoms. The Hall–Kier alpha value is -2.76. The van der Waals surface area contributed by atoms with Gasteiger partial charge in [0.15, 0.2) is 17.5 Å². The number of guanidine groups is 1. The van der Waals surface area contributed by atoms with E-state index >= 15 is 0 Å². The molecule has 1 N–H and O–H groups in total. The van der Waals surface area contributed by atoms with Crippen LogP contribution in [0.25, 0.3) is 0 Å². The van der Waals surface area contributed by atoms with Gasteiger partial charge in [0.2, 0.25) is 0 Å². The van der Waals surface area contributed by atoms with Gasteiger partial charge in [-0.3, -0.25) is 9.98 Å². The van der Waals surface area contributed by atoms with Gasteiger partial charge in [0.1, 0.15) is 0 Å². The monoisotopic (exact) mass is 382 g/mol. The summed E-state index contributed by atoms with van der Waals surface area (Å²) in [4.78, 5) is 11.5. The molecule has 1 aliphatic heterocycles. The number of aromatic nitrogens is 1. The average molecular weight is 383 g/mol. The Bertz CT molecular complexity index is 818. The highest BCUT2D eigenvalue weighted by Gasteiger charge is 2.21. The normalized spacial score (nSPS) is 13.9. The number of hydrogen-bond acceptors (Lipinski definition) is 4. The number of aliphatic imine (C=N–C) groups is 1. The number of nitrogens with one attached hydrogen (secondary N) is 1. The summed E-state index contributed by atoms with van der Waals surface area (Å²) >= 11 is 0. The van der Waals surface area contributed by atoms with Crippen molar-refractivity contribution in [2.45, 2.75) is 33.2 Å². The molecule has 0 unspecified atom stereocenters. The van der Waals surface area contributed by atoms with Crippen molar-refractivity contribution in [1.29, 1.82) is 0 Å². The van der Waals surface area contributed by atoms with Crippen LogP contribution in [0.4, 0.5) is 0 Å². The molecular weight excluding hydrogens is 352 g/mol. The Balaban J connectivity index is 1.71. The van der Waals surface area contributed by atoms with Crippen molar-refractivity contribution in [2.24, 2.45) is 4.99 Å². The summed E-state index contributed by atoms with van der Waals surface area (Å²) in [6.45, 7) is 7.44. The molecular formula is C22H30N4O2. The van der Waals surface area contributed by atoms with Crippen LogP contribution in [0.5, 0.6) is 11.5 Å². The van der Waals surface area contributed by atoms with Crippen LogP contribution in [0.3, 0.4) is 0 Å². The highest BCUT2D eigenvalue weighted by molar-refractivity contribution is 5.80. The van der Waals surface area contributed by atoms with Gasteiger partial charge in [0.25, 0.3) is 0 Å². The highest BCUT2D eigenvalue weighted by atomic mass is 16.5. The maximum atomic E-state index is 5.47. The first-order valence-corrected chi connectivity index (χ1v) is 9.83. The lowest BCUT2D eigenvalue weighted by Gasteiger charge is -2.32. The molecule has 2 heterocycles. The zero-order valence-electron chi connectivity index (χ0n) is 17.3. The van der Waals surface area contributed by atoms with Gasteiger partial charge in [-0.05, 0) is 61.6 Å². The fourth-order valence-corrected chi connectivity index (χ4v) is 3.43. The number of ether oxygens (including phenoxy) is 2. The summed E-state index contributed by atoms with van der Waals surface area (Å²) in [7, 11) is 3.36. The standard InChI is InChI=1S/C22H30N4O2/c1-5-23-22(24-10-8-17-7-6-16(2)25-14-17)26-11-9-18-12-20(27-3)21(28-4)13-19(18)15-26/h6-7,12-14H,5,8-11,15H2,1-4H3,(H,23,24). The molecule has 0 spiro atoms. The number of fused-ring (bicyclic) bond motifs is 1. The highest BCUT2D eigenvalue weighted by Crippen LogP contribution is 2.33. The van der Waals surface area contributed by atoms with Crippen molar-refractivity contribution >= 4 is 5.96 Å². The summed E-state index contributed by atoms with van der Waals surface area (Å²) < 4.78 is 10.9. The maximum absolute atomic E-state index is 5.47. The predicted octanol–water partition coefficient (Wildman–Crippen LogP) is 2.97. The molecule has 3 rings (SSSR count). The van der Waals surface area contributed by atoms with Crippen molar-refractivity contribution in [1.82, 2.24) is 15.2 Å². The Morgan fingerprint density at radius 1 is 1.18 bits per heavy atom. The molecule has 2 aromatic rings. The second-order valence-corrected chi connectivity index (χ2v) is 6.94. The lowest BCUT2D eigenvalue weighted by atomic mass is 9.99. The summed E-state index contributed by atoms with van der Waals surface area (Å²) in [6, 6.07) is 8.36. The Morgan fingerprint density at radius 3 is 2.57 bits per heavy atom. The van der Waals surface area contributed by atoms with Crippen molar-refractivity contribution in [2.75, 3.05) is 33.9 Å². The van der Waals surface area contributed by atoms with Gasteiger partial charge in [0.05, 0.1) is 14.2 Å². The van der Waals surface area contributed by atoms with Crippen LogP contribution in [-0.2, 0) is 19.4 Å². The van der Waals surface area contributed by atoms with Crippen LogP contribution in [0.2, 0.25) is 0 Å². The zero-order valence-corrected chi connectivity index (χ0v) is 17.3. The van der Waals surface area contributed by atoms with E-state index < -0.39 is 0 Å². The van der Waals surface area contributed by atoms with E-state index in [2.05, 4.69) is 40.3 Å². The SMILES string of the molecule is CCNC(=NCCc1ccc(C)nc1)N1CCc2cc(OC)c(OC)cc2C1. The molecule has 6 nitrogen and oxygen atoms in total. The van der Waals surface area contributed by atoms with Gasteiger partial charge in [-0.2, -0.15) is 0 Å². The topological polar surface area (TPSA) is 59.0 Å². The Kier molecular flexibility index (Phi) is 6.74. The third-order valence-corrected chi connectivity index (χ3v) is 4.99. The second kappa shape index (κ2) is 9.44. The molecule has 150 valence electrons. The van der Waals surface area contributed by atoms with E-state index in [0.29, 0.717) is 0 Å². The van der Waals surface area contributed by atoms with Gasteiger partial charge < -0.3 is 19.7 Å². The third kappa shape index (κ3) is 4.74. The third-order valence-electron chi connectivity index (χ3n) is 4.99. The molecule has 0 amide bonds. The molecule has 1 aromatic heterocycles. The fourth-order valence-electron chi connectivity index (χ4n) is 3.43. The number of methoxy groups -OCH3 is 2. The smallest absolute Gasteiger partial charge is 0.194 e. The quantitative estimate of drug-likeness (QED) is 0.615. The van der Waals surface area contributed by atoms with Gasteiger partial charge in [-0.1, -0.05) is 6.07 Å². The van der Waals surface area contributed by atoms with Crippen LogP contribution in [0.15, 0.2) is 35.5 Å². The number of rotatable bonds is 6. The van der Waals surface area contributed by atoms with Gasteiger partial charge in [0, 0.05) is 38.1 Å². The van der Waals surface area contributed by atoms with E-state index in [-0.39, 0.29) is 0 Å². The van der Waals surface area contributed by atoms with E-state index in [1.54, 1.807) is 14.2 Å². The van der Waals surface area contributed by atoms with E-state index in [1.165, 1.54) is 16.7 Å². The van der Waals surface area contributed by atoms with E-state index in [1.807, 2.05) is 19.2 Å². The molecule has 0 saturated carbocycles. The zero-order chi connectivity index (χ0) is 19.9. The van der Waals surface area contributed by atoms with Crippen molar-refractivity contribution < 1.29 is 9.47 Å². The fraction of sp³-hybridized carbons (Fsp3) is 0.455. The van der Waals surface area contributed by atoms with Crippen molar-refractivity contribution in [3.63, 3.8) is 0 Å². The van der Waals surface area contributed by atoms with Crippen LogP contribution in [0.1, 0.15) is 29.3 Å². The number of benzene rings is 1. The minimum absolute atomic E-state index is 0.738. The van der Waals surface area contributed by atoms with Crippen LogP contribution < -0.4 is 14.8 Å². The largest absolute Gasteiger partial charge is 0.493 e. The first-order valence-electron chi connectivity index (χ1n) is 9.83. The molecule has 0 saturated heterocycles. The first-order chi connectivity index (χ1) is 13.6. The lowest BCUT2D eigenvalue weighted by Crippen LogP contribution is -2.44. The molecule has 1 aromatic carbocycles. The average Bonchev–Trinajstić information content (AvgIpc) is 2.73. The molecule has 0 atom stereocenters. The first kappa shape index (κ1) is 20.0. The van der Waals surface area contributed by atoms with Crippen molar-refractivity contribution in [3.8, 4) is 11.5 Å². The van der Waals surface area contributed by atoms with Crippen LogP contribution in [0, 0.1) is 6.92 Å². The summed E-state index contributed by atoms with van der Waals surface area (Å²) in [5, 5.41) is 3.43. The number of aryl methyl sites for hydroxylation is 1. The summed E-state index contributed by atoms with van der Waals surface area (Å²) in [5.41, 5.74) is 4.83. The van der Waals surface area contributed by atoms with Gasteiger partial charge in [-0.15, -0.1) is 0 Å². The molecule has 0 radical (unpaired) electrons. The summed E-state index contributed by atoms with van der Waals surface area (Å²) in [5.74, 6) is 2.53. The van der Waals surface area contributed by atoms with E-state index in [0.717, 1.165) is 62.2 Å². The molecule has 1 aliphatic rings. The number of pyridine rings is 1. The minimum atomic E-state index is 0.738. The van der Waals surface area contributed by atoms with E-state index in [4.69, 9.17) is 14.5 Å². The summed E-state index contributed by atoms with van der Waals surface area (Å²) in [6.07, 6.45) is 3.79. The van der Waals surface area contributed by atoms with Crippen LogP contribution in [-0.4, -0.2) is 49.7 Å². The van der Waals surface area contributed by atoms with Gasteiger partial charge >= 0.3 is 0 Å². The number of hydrogen-bond donors (Lipinski definition) is 1. The van der Waals surface area contributed by atoms with E-state index in [9.17, 15) is 0 Å². The lowest BCUT2D eigenvalue weighted by molar-refractivity contribution is 0.346. The second-order valence-electron chi connectivity index (χ2n) is 6.94. The Labute approximate surface area is 167 Å². The molecule has 28 heavy (non-hydrogen) atoms. The van der Waals surface area contributed by atoms with Gasteiger partial charge in [-0.25, -0.2) is 0 Å². The minimum Gasteiger partial charge on any atom is -0.493 e. The maximum Gasteiger partial charge on any atom is 0.194 e. The number of nitrogens with zero attached hydrogens (tertiary/aromatic N) is 3. The molecule has 0 fully saturated rings. The van der Waals surface area contributed by atoms with Crippen molar-refractivity contribution in [3.05, 3.63) is 52.8 Å². The molecule has 6 heteroatoms.